The van der Waals surface area contributed by atoms with Gasteiger partial charge in [0.25, 0.3) is 0 Å². The standard InChI is InChI=1S/C21H30O4/c1-19-7-5-13(23)9-12(19)3-4-14-15-6-8-21(17(11-22)25-21)20(15,2)10-16(24)18(14)19/h9,14-18,22,24H,3-8,10-11H2,1-2H3/t14-,15-,16-,17+,18+,19-,20-,21-/m0/s1. The Morgan fingerprint density at radius 2 is 2.04 bits per heavy atom. The van der Waals surface area contributed by atoms with Crippen molar-refractivity contribution in [2.24, 2.45) is 28.6 Å². The summed E-state index contributed by atoms with van der Waals surface area (Å²) in [5, 5.41) is 20.9. The number of aliphatic hydroxyl groups is 2. The van der Waals surface area contributed by atoms with Crippen molar-refractivity contribution in [2.75, 3.05) is 6.61 Å². The van der Waals surface area contributed by atoms with Gasteiger partial charge in [-0.05, 0) is 67.8 Å². The molecule has 0 aromatic heterocycles. The molecule has 0 bridgehead atoms. The molecule has 0 aromatic rings. The fourth-order valence-electron chi connectivity index (χ4n) is 7.84. The van der Waals surface area contributed by atoms with Crippen molar-refractivity contribution < 1.29 is 19.7 Å². The Morgan fingerprint density at radius 1 is 1.24 bits per heavy atom. The van der Waals surface area contributed by atoms with Gasteiger partial charge in [-0.1, -0.05) is 19.4 Å². The van der Waals surface area contributed by atoms with E-state index >= 15 is 0 Å². The van der Waals surface area contributed by atoms with Crippen LogP contribution in [0.5, 0.6) is 0 Å². The number of fused-ring (bicyclic) bond motifs is 6. The number of allylic oxidation sites excluding steroid dienone is 1. The Balaban J connectivity index is 1.52. The van der Waals surface area contributed by atoms with Crippen LogP contribution in [0.4, 0.5) is 0 Å². The summed E-state index contributed by atoms with van der Waals surface area (Å²) < 4.78 is 6.04. The molecule has 138 valence electrons. The highest BCUT2D eigenvalue weighted by molar-refractivity contribution is 5.91. The first-order valence-corrected chi connectivity index (χ1v) is 10.1. The summed E-state index contributed by atoms with van der Waals surface area (Å²) in [7, 11) is 0. The van der Waals surface area contributed by atoms with Gasteiger partial charge in [-0.3, -0.25) is 4.79 Å². The Morgan fingerprint density at radius 3 is 2.76 bits per heavy atom. The minimum absolute atomic E-state index is 0.0197. The first-order valence-electron chi connectivity index (χ1n) is 10.1. The molecule has 4 aliphatic carbocycles. The Labute approximate surface area is 149 Å². The largest absolute Gasteiger partial charge is 0.394 e. The number of aliphatic hydroxyl groups excluding tert-OH is 2. The van der Waals surface area contributed by atoms with Gasteiger partial charge in [-0.25, -0.2) is 0 Å². The number of rotatable bonds is 1. The van der Waals surface area contributed by atoms with Crippen molar-refractivity contribution in [2.45, 2.75) is 76.6 Å². The van der Waals surface area contributed by atoms with Crippen LogP contribution in [0.2, 0.25) is 0 Å². The van der Waals surface area contributed by atoms with E-state index in [1.165, 1.54) is 5.57 Å². The van der Waals surface area contributed by atoms with Crippen LogP contribution < -0.4 is 0 Å². The second-order valence-corrected chi connectivity index (χ2v) is 9.79. The van der Waals surface area contributed by atoms with Gasteiger partial charge in [0.15, 0.2) is 5.78 Å². The third kappa shape index (κ3) is 1.86. The summed E-state index contributed by atoms with van der Waals surface area (Å²) in [6.07, 6.45) is 8.05. The SMILES string of the molecule is C[C@]12CCC(=O)C=C1CC[C@@H]1[C@@H]2[C@@H](O)C[C@@]2(C)[C@H]1CC[C@@]21O[C@@H]1CO. The molecule has 5 aliphatic rings. The third-order valence-electron chi connectivity index (χ3n) is 9.06. The molecule has 1 heterocycles. The van der Waals surface area contributed by atoms with Crippen LogP contribution in [0.3, 0.4) is 0 Å². The maximum absolute atomic E-state index is 11.9. The zero-order valence-electron chi connectivity index (χ0n) is 15.3. The molecular weight excluding hydrogens is 316 g/mol. The van der Waals surface area contributed by atoms with Gasteiger partial charge in [0.2, 0.25) is 0 Å². The maximum atomic E-state index is 11.9. The van der Waals surface area contributed by atoms with Crippen LogP contribution in [0, 0.1) is 28.6 Å². The molecule has 4 fully saturated rings. The number of ether oxygens (including phenoxy) is 1. The lowest BCUT2D eigenvalue weighted by molar-refractivity contribution is -0.135. The van der Waals surface area contributed by atoms with E-state index in [1.54, 1.807) is 0 Å². The minimum atomic E-state index is -0.341. The van der Waals surface area contributed by atoms with Crippen molar-refractivity contribution >= 4 is 5.78 Å². The molecule has 3 saturated carbocycles. The van der Waals surface area contributed by atoms with Gasteiger partial charge in [0.05, 0.1) is 12.7 Å². The predicted octanol–water partition coefficient (Wildman–Crippen LogP) is 2.62. The highest BCUT2D eigenvalue weighted by Crippen LogP contribution is 2.72. The van der Waals surface area contributed by atoms with E-state index in [0.29, 0.717) is 18.3 Å². The lowest BCUT2D eigenvalue weighted by Crippen LogP contribution is -2.58. The zero-order chi connectivity index (χ0) is 17.6. The van der Waals surface area contributed by atoms with Crippen LogP contribution in [-0.2, 0) is 9.53 Å². The Hall–Kier alpha value is -0.710. The van der Waals surface area contributed by atoms with Crippen molar-refractivity contribution in [3.05, 3.63) is 11.6 Å². The molecule has 0 radical (unpaired) electrons. The lowest BCUT2D eigenvalue weighted by atomic mass is 9.46. The van der Waals surface area contributed by atoms with E-state index in [0.717, 1.165) is 38.5 Å². The van der Waals surface area contributed by atoms with Gasteiger partial charge in [0, 0.05) is 11.8 Å². The van der Waals surface area contributed by atoms with Crippen LogP contribution in [0.1, 0.15) is 58.8 Å². The number of carbonyl (C=O) groups is 1. The van der Waals surface area contributed by atoms with E-state index < -0.39 is 0 Å². The number of ketones is 1. The molecule has 0 unspecified atom stereocenters. The number of epoxide rings is 1. The average molecular weight is 346 g/mol. The van der Waals surface area contributed by atoms with E-state index in [1.807, 2.05) is 6.08 Å². The molecule has 4 nitrogen and oxygen atoms in total. The summed E-state index contributed by atoms with van der Waals surface area (Å²) in [6, 6.07) is 0. The molecule has 25 heavy (non-hydrogen) atoms. The van der Waals surface area contributed by atoms with Crippen LogP contribution >= 0.6 is 0 Å². The Bertz CT molecular complexity index is 656. The molecule has 2 N–H and O–H groups in total. The molecule has 1 aliphatic heterocycles. The van der Waals surface area contributed by atoms with Crippen molar-refractivity contribution in [1.82, 2.24) is 0 Å². The molecule has 0 aromatic carbocycles. The van der Waals surface area contributed by atoms with Crippen molar-refractivity contribution in [3.63, 3.8) is 0 Å². The fraction of sp³-hybridized carbons (Fsp3) is 0.857. The first kappa shape index (κ1) is 16.5. The van der Waals surface area contributed by atoms with Gasteiger partial charge >= 0.3 is 0 Å². The topological polar surface area (TPSA) is 70.1 Å². The van der Waals surface area contributed by atoms with Crippen LogP contribution in [0.15, 0.2) is 11.6 Å². The number of carbonyl (C=O) groups excluding carboxylic acids is 1. The van der Waals surface area contributed by atoms with E-state index in [4.69, 9.17) is 4.74 Å². The molecule has 5 rings (SSSR count). The normalized spacial score (nSPS) is 56.9. The zero-order valence-corrected chi connectivity index (χ0v) is 15.3. The average Bonchev–Trinajstić information content (AvgIpc) is 3.22. The van der Waals surface area contributed by atoms with Crippen LogP contribution in [-0.4, -0.2) is 40.4 Å². The second kappa shape index (κ2) is 4.96. The smallest absolute Gasteiger partial charge is 0.155 e. The van der Waals surface area contributed by atoms with Crippen molar-refractivity contribution in [3.8, 4) is 0 Å². The van der Waals surface area contributed by atoms with Gasteiger partial charge in [0.1, 0.15) is 11.7 Å². The first-order chi connectivity index (χ1) is 11.9. The summed E-state index contributed by atoms with van der Waals surface area (Å²) in [5.41, 5.74) is 1.05. The quantitative estimate of drug-likeness (QED) is 0.716. The molecule has 8 atom stereocenters. The Kier molecular flexibility index (Phi) is 3.27. The summed E-state index contributed by atoms with van der Waals surface area (Å²) >= 11 is 0. The summed E-state index contributed by atoms with van der Waals surface area (Å²) in [5.74, 6) is 1.60. The second-order valence-electron chi connectivity index (χ2n) is 9.79. The minimum Gasteiger partial charge on any atom is -0.394 e. The van der Waals surface area contributed by atoms with Gasteiger partial charge < -0.3 is 14.9 Å². The molecule has 4 heteroatoms. The van der Waals surface area contributed by atoms with Crippen LogP contribution in [0.25, 0.3) is 0 Å². The summed E-state index contributed by atoms with van der Waals surface area (Å²) in [4.78, 5) is 11.9. The number of hydrogen-bond donors (Lipinski definition) is 2. The molecular formula is C21H30O4. The maximum Gasteiger partial charge on any atom is 0.155 e. The highest BCUT2D eigenvalue weighted by Gasteiger charge is 2.75. The molecule has 1 spiro atoms. The summed E-state index contributed by atoms with van der Waals surface area (Å²) in [6.45, 7) is 4.69. The van der Waals surface area contributed by atoms with Gasteiger partial charge in [-0.2, -0.15) is 0 Å². The lowest BCUT2D eigenvalue weighted by Gasteiger charge is -2.59. The van der Waals surface area contributed by atoms with E-state index in [-0.39, 0.29) is 46.9 Å². The highest BCUT2D eigenvalue weighted by atomic mass is 16.6. The molecule has 0 amide bonds. The molecule has 1 saturated heterocycles. The number of hydrogen-bond acceptors (Lipinski definition) is 4. The van der Waals surface area contributed by atoms with Gasteiger partial charge in [-0.15, -0.1) is 0 Å². The third-order valence-corrected chi connectivity index (χ3v) is 9.06. The van der Waals surface area contributed by atoms with Crippen molar-refractivity contribution in [1.29, 1.82) is 0 Å². The monoisotopic (exact) mass is 346 g/mol. The van der Waals surface area contributed by atoms with E-state index in [2.05, 4.69) is 13.8 Å². The predicted molar refractivity (Wildman–Crippen MR) is 92.8 cm³/mol. The fourth-order valence-corrected chi connectivity index (χ4v) is 7.84. The van der Waals surface area contributed by atoms with E-state index in [9.17, 15) is 15.0 Å².